The number of anilines is 1. The Bertz CT molecular complexity index is 986. The van der Waals surface area contributed by atoms with E-state index in [1.807, 2.05) is 42.2 Å². The van der Waals surface area contributed by atoms with Gasteiger partial charge in [0.1, 0.15) is 30.2 Å². The highest BCUT2D eigenvalue weighted by atomic mass is 16.5. The van der Waals surface area contributed by atoms with Crippen molar-refractivity contribution < 1.29 is 23.9 Å². The van der Waals surface area contributed by atoms with E-state index in [-0.39, 0.29) is 12.1 Å². The van der Waals surface area contributed by atoms with E-state index in [4.69, 9.17) is 14.2 Å². The smallest absolute Gasteiger partial charge is 0.322 e. The van der Waals surface area contributed by atoms with Gasteiger partial charge in [-0.25, -0.2) is 4.79 Å². The van der Waals surface area contributed by atoms with Crippen molar-refractivity contribution in [3.63, 3.8) is 0 Å². The lowest BCUT2D eigenvalue weighted by Gasteiger charge is -2.42. The number of hydrogen-bond acceptors (Lipinski definition) is 4. The number of carbonyl (C=O) groups excluding carboxylic acids is 1. The topological polar surface area (TPSA) is 64.5 Å². The standard InChI is InChI=1S/C28H39N3O4/c1-5-21-7-9-22(10-8-21)29-27(32)31(14-13-30-15-17-33-18-16-30)25-20-28(3,4)35-26-12-11-23(34-6-2)19-24(25)26/h7-12,19,25H,5-6,13-18,20H2,1-4H3,(H,29,32)/p+1. The molecule has 2 aliphatic heterocycles. The predicted octanol–water partition coefficient (Wildman–Crippen LogP) is 3.70. The largest absolute Gasteiger partial charge is 0.494 e. The second kappa shape index (κ2) is 11.3. The average molecular weight is 483 g/mol. The molecule has 0 bridgehead atoms. The number of fused-ring (bicyclic) bond motifs is 1. The molecule has 0 aliphatic carbocycles. The number of aryl methyl sites for hydroxylation is 1. The summed E-state index contributed by atoms with van der Waals surface area (Å²) >= 11 is 0. The molecule has 1 saturated heterocycles. The lowest BCUT2D eigenvalue weighted by atomic mass is 9.88. The van der Waals surface area contributed by atoms with Crippen molar-refractivity contribution in [2.75, 3.05) is 51.3 Å². The normalized spacial score (nSPS) is 19.4. The summed E-state index contributed by atoms with van der Waals surface area (Å²) in [5.74, 6) is 1.62. The van der Waals surface area contributed by atoms with Crippen molar-refractivity contribution in [1.29, 1.82) is 0 Å². The highest BCUT2D eigenvalue weighted by Gasteiger charge is 2.39. The summed E-state index contributed by atoms with van der Waals surface area (Å²) in [4.78, 5) is 17.2. The number of rotatable bonds is 8. The Hall–Kier alpha value is -2.77. The van der Waals surface area contributed by atoms with Gasteiger partial charge in [-0.15, -0.1) is 0 Å². The van der Waals surface area contributed by atoms with Crippen molar-refractivity contribution in [2.45, 2.75) is 52.2 Å². The number of quaternary nitrogens is 1. The monoisotopic (exact) mass is 482 g/mol. The van der Waals surface area contributed by atoms with Crippen molar-refractivity contribution in [3.8, 4) is 11.5 Å². The summed E-state index contributed by atoms with van der Waals surface area (Å²) in [7, 11) is 0. The van der Waals surface area contributed by atoms with Crippen LogP contribution >= 0.6 is 0 Å². The molecule has 1 unspecified atom stereocenters. The molecule has 35 heavy (non-hydrogen) atoms. The molecule has 190 valence electrons. The zero-order valence-corrected chi connectivity index (χ0v) is 21.6. The fourth-order valence-corrected chi connectivity index (χ4v) is 4.94. The molecule has 2 aromatic rings. The molecule has 4 rings (SSSR count). The number of hydrogen-bond donors (Lipinski definition) is 2. The Balaban J connectivity index is 1.63. The minimum Gasteiger partial charge on any atom is -0.494 e. The first-order chi connectivity index (χ1) is 16.9. The van der Waals surface area contributed by atoms with E-state index in [1.54, 1.807) is 0 Å². The number of morpholine rings is 1. The number of nitrogens with zero attached hydrogens (tertiary/aromatic N) is 1. The van der Waals surface area contributed by atoms with Crippen LogP contribution in [-0.4, -0.2) is 62.5 Å². The van der Waals surface area contributed by atoms with Gasteiger partial charge in [-0.3, -0.25) is 0 Å². The van der Waals surface area contributed by atoms with Crippen molar-refractivity contribution in [3.05, 3.63) is 53.6 Å². The van der Waals surface area contributed by atoms with Gasteiger partial charge in [-0.1, -0.05) is 19.1 Å². The molecule has 7 heteroatoms. The van der Waals surface area contributed by atoms with Crippen molar-refractivity contribution >= 4 is 11.7 Å². The number of nitrogens with one attached hydrogen (secondary N) is 2. The van der Waals surface area contributed by atoms with Crippen LogP contribution in [0.4, 0.5) is 10.5 Å². The molecule has 0 saturated carbocycles. The van der Waals surface area contributed by atoms with Gasteiger partial charge in [0.15, 0.2) is 0 Å². The molecule has 0 radical (unpaired) electrons. The van der Waals surface area contributed by atoms with E-state index in [0.29, 0.717) is 19.6 Å². The number of urea groups is 1. The fourth-order valence-electron chi connectivity index (χ4n) is 4.94. The first-order valence-corrected chi connectivity index (χ1v) is 12.9. The van der Waals surface area contributed by atoms with Crippen molar-refractivity contribution in [1.82, 2.24) is 4.90 Å². The molecule has 2 amide bonds. The Morgan fingerprint density at radius 1 is 1.14 bits per heavy atom. The molecule has 1 atom stereocenters. The summed E-state index contributed by atoms with van der Waals surface area (Å²) in [6.45, 7) is 13.9. The van der Waals surface area contributed by atoms with Gasteiger partial charge in [0.05, 0.1) is 39.0 Å². The van der Waals surface area contributed by atoms with E-state index < -0.39 is 5.60 Å². The van der Waals surface area contributed by atoms with E-state index in [0.717, 1.165) is 62.0 Å². The first-order valence-electron chi connectivity index (χ1n) is 12.9. The first kappa shape index (κ1) is 25.3. The van der Waals surface area contributed by atoms with Crippen LogP contribution in [0.1, 0.15) is 51.3 Å². The third kappa shape index (κ3) is 6.47. The minimum atomic E-state index is -0.391. The lowest BCUT2D eigenvalue weighted by Crippen LogP contribution is -3.14. The summed E-state index contributed by atoms with van der Waals surface area (Å²) in [5.41, 5.74) is 2.67. The molecular weight excluding hydrogens is 442 g/mol. The molecular formula is C28H40N3O4+. The molecule has 1 fully saturated rings. The SMILES string of the molecule is CCOc1ccc2c(c1)C(N(CC[NH+]1CCOCC1)C(=O)Nc1ccc(CC)cc1)CC(C)(C)O2. The maximum absolute atomic E-state index is 13.8. The second-order valence-electron chi connectivity index (χ2n) is 10.0. The minimum absolute atomic E-state index is 0.0858. The molecule has 2 N–H and O–H groups in total. The van der Waals surface area contributed by atoms with Crippen LogP contribution < -0.4 is 19.7 Å². The van der Waals surface area contributed by atoms with Crippen LogP contribution in [0.25, 0.3) is 0 Å². The van der Waals surface area contributed by atoms with Crippen LogP contribution in [0, 0.1) is 0 Å². The number of benzene rings is 2. The molecule has 2 aliphatic rings. The van der Waals surface area contributed by atoms with Crippen LogP contribution in [0.3, 0.4) is 0 Å². The molecule has 7 nitrogen and oxygen atoms in total. The van der Waals surface area contributed by atoms with Crippen molar-refractivity contribution in [2.24, 2.45) is 0 Å². The average Bonchev–Trinajstić information content (AvgIpc) is 2.85. The zero-order valence-electron chi connectivity index (χ0n) is 21.6. The fraction of sp³-hybridized carbons (Fsp3) is 0.536. The Kier molecular flexibility index (Phi) is 8.19. The Morgan fingerprint density at radius 3 is 2.57 bits per heavy atom. The maximum Gasteiger partial charge on any atom is 0.322 e. The molecule has 0 aromatic heterocycles. The lowest BCUT2D eigenvalue weighted by molar-refractivity contribution is -0.907. The predicted molar refractivity (Wildman–Crippen MR) is 138 cm³/mol. The zero-order chi connectivity index (χ0) is 24.8. The van der Waals surface area contributed by atoms with E-state index in [1.165, 1.54) is 10.5 Å². The molecule has 0 spiro atoms. The highest BCUT2D eigenvalue weighted by Crippen LogP contribution is 2.44. The van der Waals surface area contributed by atoms with Crippen LogP contribution in [0.15, 0.2) is 42.5 Å². The van der Waals surface area contributed by atoms with Gasteiger partial charge in [0.2, 0.25) is 0 Å². The van der Waals surface area contributed by atoms with E-state index in [9.17, 15) is 4.79 Å². The number of amides is 2. The van der Waals surface area contributed by atoms with Gasteiger partial charge < -0.3 is 29.3 Å². The maximum atomic E-state index is 13.8. The van der Waals surface area contributed by atoms with Crippen LogP contribution in [0.2, 0.25) is 0 Å². The number of carbonyl (C=O) groups is 1. The Labute approximate surface area is 209 Å². The van der Waals surface area contributed by atoms with Crippen LogP contribution in [0.5, 0.6) is 11.5 Å². The van der Waals surface area contributed by atoms with E-state index in [2.05, 4.69) is 38.2 Å². The van der Waals surface area contributed by atoms with Gasteiger partial charge in [0.25, 0.3) is 0 Å². The molecule has 2 aromatic carbocycles. The summed E-state index contributed by atoms with van der Waals surface area (Å²) in [5, 5.41) is 3.16. The number of ether oxygens (including phenoxy) is 3. The molecule has 2 heterocycles. The third-order valence-corrected chi connectivity index (χ3v) is 6.88. The summed E-state index contributed by atoms with van der Waals surface area (Å²) in [6, 6.07) is 13.9. The quantitative estimate of drug-likeness (QED) is 0.602. The second-order valence-corrected chi connectivity index (χ2v) is 10.0. The van der Waals surface area contributed by atoms with Gasteiger partial charge in [-0.05, 0) is 63.1 Å². The van der Waals surface area contributed by atoms with Crippen LogP contribution in [-0.2, 0) is 11.2 Å². The highest BCUT2D eigenvalue weighted by molar-refractivity contribution is 5.89. The third-order valence-electron chi connectivity index (χ3n) is 6.88. The van der Waals surface area contributed by atoms with Gasteiger partial charge in [0, 0.05) is 17.7 Å². The van der Waals surface area contributed by atoms with Gasteiger partial charge >= 0.3 is 6.03 Å². The van der Waals surface area contributed by atoms with E-state index >= 15 is 0 Å². The summed E-state index contributed by atoms with van der Waals surface area (Å²) in [6.07, 6.45) is 1.68. The summed E-state index contributed by atoms with van der Waals surface area (Å²) < 4.78 is 17.6. The van der Waals surface area contributed by atoms with Gasteiger partial charge in [-0.2, -0.15) is 0 Å². The Morgan fingerprint density at radius 2 is 1.89 bits per heavy atom.